The number of amidine groups is 1. The summed E-state index contributed by atoms with van der Waals surface area (Å²) in [5.74, 6) is 0.195. The van der Waals surface area contributed by atoms with Crippen LogP contribution in [0.3, 0.4) is 0 Å². The minimum atomic E-state index is -0.0817. The van der Waals surface area contributed by atoms with Gasteiger partial charge in [0.2, 0.25) is 5.88 Å². The molecule has 3 N–H and O–H groups in total. The van der Waals surface area contributed by atoms with Crippen LogP contribution in [-0.2, 0) is 4.74 Å². The Balaban J connectivity index is 2.34. The number of aromatic nitrogens is 2. The lowest BCUT2D eigenvalue weighted by Gasteiger charge is -2.08. The fourth-order valence-electron chi connectivity index (χ4n) is 1.18. The van der Waals surface area contributed by atoms with Crippen molar-refractivity contribution >= 4 is 5.84 Å². The van der Waals surface area contributed by atoms with E-state index in [4.69, 9.17) is 20.6 Å². The fraction of sp³-hybridized carbons (Fsp3) is 0.545. The van der Waals surface area contributed by atoms with Crippen molar-refractivity contribution in [3.05, 3.63) is 17.8 Å². The predicted octanol–water partition coefficient (Wildman–Crippen LogP) is 0.956. The minimum absolute atomic E-state index is 0.0817. The molecule has 17 heavy (non-hydrogen) atoms. The highest BCUT2D eigenvalue weighted by atomic mass is 16.5. The lowest BCUT2D eigenvalue weighted by atomic mass is 10.3. The molecule has 1 aromatic heterocycles. The molecule has 1 heterocycles. The Kier molecular flexibility index (Phi) is 5.95. The molecule has 0 aliphatic rings. The van der Waals surface area contributed by atoms with Crippen LogP contribution >= 0.6 is 0 Å². The van der Waals surface area contributed by atoms with Crippen LogP contribution in [0.5, 0.6) is 5.88 Å². The van der Waals surface area contributed by atoms with E-state index in [0.29, 0.717) is 18.8 Å². The van der Waals surface area contributed by atoms with Crippen molar-refractivity contribution in [3.63, 3.8) is 0 Å². The van der Waals surface area contributed by atoms with E-state index < -0.39 is 0 Å². The first-order chi connectivity index (χ1) is 8.25. The summed E-state index contributed by atoms with van der Waals surface area (Å²) in [7, 11) is 0. The van der Waals surface area contributed by atoms with Crippen LogP contribution in [0.15, 0.2) is 12.3 Å². The summed E-state index contributed by atoms with van der Waals surface area (Å²) < 4.78 is 10.7. The van der Waals surface area contributed by atoms with Crippen LogP contribution < -0.4 is 10.5 Å². The summed E-state index contributed by atoms with van der Waals surface area (Å²) in [4.78, 5) is 0. The average Bonchev–Trinajstić information content (AvgIpc) is 2.34. The summed E-state index contributed by atoms with van der Waals surface area (Å²) in [5, 5.41) is 14.8. The van der Waals surface area contributed by atoms with Crippen molar-refractivity contribution in [2.75, 3.05) is 19.8 Å². The van der Waals surface area contributed by atoms with Crippen LogP contribution in [0, 0.1) is 5.41 Å². The van der Waals surface area contributed by atoms with Gasteiger partial charge in [0.15, 0.2) is 0 Å². The second-order valence-electron chi connectivity index (χ2n) is 3.48. The summed E-state index contributed by atoms with van der Waals surface area (Å²) in [6.07, 6.45) is 3.63. The molecule has 0 aliphatic carbocycles. The second-order valence-corrected chi connectivity index (χ2v) is 3.48. The van der Waals surface area contributed by atoms with E-state index in [1.54, 1.807) is 6.07 Å². The van der Waals surface area contributed by atoms with E-state index in [1.807, 2.05) is 0 Å². The Morgan fingerprint density at radius 2 is 2.24 bits per heavy atom. The maximum Gasteiger partial charge on any atom is 0.244 e. The van der Waals surface area contributed by atoms with Crippen LogP contribution in [0.2, 0.25) is 0 Å². The van der Waals surface area contributed by atoms with Gasteiger partial charge in [0.05, 0.1) is 18.4 Å². The van der Waals surface area contributed by atoms with Crippen LogP contribution in [0.4, 0.5) is 0 Å². The fourth-order valence-corrected chi connectivity index (χ4v) is 1.18. The Hall–Kier alpha value is -1.69. The van der Waals surface area contributed by atoms with Crippen molar-refractivity contribution in [1.29, 1.82) is 5.41 Å². The molecule has 0 bridgehead atoms. The molecule has 0 unspecified atom stereocenters. The monoisotopic (exact) mass is 238 g/mol. The zero-order valence-electron chi connectivity index (χ0n) is 9.98. The molecule has 0 fully saturated rings. The van der Waals surface area contributed by atoms with Gasteiger partial charge in [0, 0.05) is 6.61 Å². The molecule has 6 heteroatoms. The van der Waals surface area contributed by atoms with Crippen molar-refractivity contribution in [2.24, 2.45) is 5.73 Å². The number of nitrogen functional groups attached to an aromatic ring is 1. The van der Waals surface area contributed by atoms with Crippen LogP contribution in [-0.4, -0.2) is 35.9 Å². The summed E-state index contributed by atoms with van der Waals surface area (Å²) in [5.41, 5.74) is 5.84. The summed E-state index contributed by atoms with van der Waals surface area (Å²) >= 11 is 0. The maximum absolute atomic E-state index is 7.35. The number of nitrogens with one attached hydrogen (secondary N) is 1. The van der Waals surface area contributed by atoms with Gasteiger partial charge in [-0.15, -0.1) is 5.10 Å². The smallest absolute Gasteiger partial charge is 0.244 e. The molecule has 1 rings (SSSR count). The summed E-state index contributed by atoms with van der Waals surface area (Å²) in [6, 6.07) is 1.60. The number of hydrogen-bond donors (Lipinski definition) is 2. The number of nitrogens with two attached hydrogens (primary N) is 1. The third-order valence-corrected chi connectivity index (χ3v) is 2.09. The van der Waals surface area contributed by atoms with E-state index in [9.17, 15) is 0 Å². The quantitative estimate of drug-likeness (QED) is 0.399. The Morgan fingerprint density at radius 1 is 1.41 bits per heavy atom. The van der Waals surface area contributed by atoms with Crippen LogP contribution in [0.25, 0.3) is 0 Å². The normalized spacial score (nSPS) is 10.2. The number of rotatable bonds is 8. The standard InChI is InChI=1S/C11H18N4O2/c1-2-3-6-16-7-8-17-11-9(10(12)13)4-5-14-15-11/h4-5H,2-3,6-8H2,1H3,(H3,12,13). The number of hydrogen-bond acceptors (Lipinski definition) is 5. The Bertz CT molecular complexity index is 357. The van der Waals surface area contributed by atoms with E-state index in [0.717, 1.165) is 19.4 Å². The van der Waals surface area contributed by atoms with Gasteiger partial charge in [-0.05, 0) is 12.5 Å². The maximum atomic E-state index is 7.35. The Labute approximate surface area is 101 Å². The molecule has 0 amide bonds. The van der Waals surface area contributed by atoms with E-state index in [1.165, 1.54) is 6.20 Å². The van der Waals surface area contributed by atoms with Crippen molar-refractivity contribution in [1.82, 2.24) is 10.2 Å². The Morgan fingerprint density at radius 3 is 2.94 bits per heavy atom. The van der Waals surface area contributed by atoms with Gasteiger partial charge >= 0.3 is 0 Å². The molecule has 0 atom stereocenters. The summed E-state index contributed by atoms with van der Waals surface area (Å²) in [6.45, 7) is 3.72. The molecule has 0 spiro atoms. The van der Waals surface area contributed by atoms with Crippen molar-refractivity contribution in [3.8, 4) is 5.88 Å². The highest BCUT2D eigenvalue weighted by Crippen LogP contribution is 2.11. The molecule has 0 radical (unpaired) electrons. The van der Waals surface area contributed by atoms with Crippen LogP contribution in [0.1, 0.15) is 25.3 Å². The first kappa shape index (κ1) is 13.4. The SMILES string of the molecule is CCCCOCCOc1nnccc1C(=N)N. The van der Waals surface area contributed by atoms with Gasteiger partial charge in [0.1, 0.15) is 12.4 Å². The highest BCUT2D eigenvalue weighted by molar-refractivity contribution is 5.96. The molecular weight excluding hydrogens is 220 g/mol. The zero-order valence-corrected chi connectivity index (χ0v) is 9.98. The molecule has 0 aromatic carbocycles. The van der Waals surface area contributed by atoms with Gasteiger partial charge in [-0.25, -0.2) is 0 Å². The van der Waals surface area contributed by atoms with E-state index in [-0.39, 0.29) is 11.7 Å². The first-order valence-corrected chi connectivity index (χ1v) is 5.62. The first-order valence-electron chi connectivity index (χ1n) is 5.62. The molecule has 1 aromatic rings. The topological polar surface area (TPSA) is 94.1 Å². The van der Waals surface area contributed by atoms with Crippen molar-refractivity contribution in [2.45, 2.75) is 19.8 Å². The molecule has 94 valence electrons. The second kappa shape index (κ2) is 7.56. The largest absolute Gasteiger partial charge is 0.474 e. The molecule has 0 saturated heterocycles. The minimum Gasteiger partial charge on any atom is -0.474 e. The van der Waals surface area contributed by atoms with Gasteiger partial charge in [0.25, 0.3) is 0 Å². The van der Waals surface area contributed by atoms with Gasteiger partial charge in [-0.3, -0.25) is 5.41 Å². The van der Waals surface area contributed by atoms with E-state index >= 15 is 0 Å². The van der Waals surface area contributed by atoms with Gasteiger partial charge < -0.3 is 15.2 Å². The van der Waals surface area contributed by atoms with Gasteiger partial charge in [-0.1, -0.05) is 13.3 Å². The number of ether oxygens (including phenoxy) is 2. The average molecular weight is 238 g/mol. The van der Waals surface area contributed by atoms with Gasteiger partial charge in [-0.2, -0.15) is 5.10 Å². The van der Waals surface area contributed by atoms with Crippen molar-refractivity contribution < 1.29 is 9.47 Å². The number of unbranched alkanes of at least 4 members (excludes halogenated alkanes) is 1. The third kappa shape index (κ3) is 4.78. The third-order valence-electron chi connectivity index (χ3n) is 2.09. The van der Waals surface area contributed by atoms with E-state index in [2.05, 4.69) is 17.1 Å². The molecule has 0 aliphatic heterocycles. The molecule has 6 nitrogen and oxygen atoms in total. The zero-order chi connectivity index (χ0) is 12.5. The lowest BCUT2D eigenvalue weighted by molar-refractivity contribution is 0.0961. The molecule has 0 saturated carbocycles. The lowest BCUT2D eigenvalue weighted by Crippen LogP contribution is -2.16. The number of nitrogens with zero attached hydrogens (tertiary/aromatic N) is 2. The highest BCUT2D eigenvalue weighted by Gasteiger charge is 2.07. The molecular formula is C11H18N4O2. The predicted molar refractivity (Wildman–Crippen MR) is 64.3 cm³/mol.